The quantitative estimate of drug-likeness (QED) is 0.763. The summed E-state index contributed by atoms with van der Waals surface area (Å²) in [5.41, 5.74) is 6.44. The fourth-order valence-electron chi connectivity index (χ4n) is 1.59. The van der Waals surface area contributed by atoms with Gasteiger partial charge in [0.1, 0.15) is 15.8 Å². The molecule has 0 unspecified atom stereocenters. The molecular formula is C10H13IN6O2. The van der Waals surface area contributed by atoms with Gasteiger partial charge in [-0.3, -0.25) is 0 Å². The molecule has 0 radical (unpaired) electrons. The van der Waals surface area contributed by atoms with Gasteiger partial charge in [0.2, 0.25) is 0 Å². The summed E-state index contributed by atoms with van der Waals surface area (Å²) in [5, 5.41) is 7.68. The van der Waals surface area contributed by atoms with Gasteiger partial charge in [0.05, 0.1) is 18.5 Å². The first-order chi connectivity index (χ1) is 9.13. The van der Waals surface area contributed by atoms with Gasteiger partial charge in [-0.05, 0) is 29.5 Å². The van der Waals surface area contributed by atoms with Crippen LogP contribution in [0, 0.1) is 3.70 Å². The van der Waals surface area contributed by atoms with Crippen molar-refractivity contribution < 1.29 is 9.53 Å². The lowest BCUT2D eigenvalue weighted by atomic mass is 10.4. The highest BCUT2D eigenvalue weighted by molar-refractivity contribution is 14.1. The predicted molar refractivity (Wildman–Crippen MR) is 77.5 cm³/mol. The Morgan fingerprint density at radius 2 is 2.37 bits per heavy atom. The van der Waals surface area contributed by atoms with Gasteiger partial charge >= 0.3 is 6.09 Å². The summed E-state index contributed by atoms with van der Waals surface area (Å²) in [6.45, 7) is 2.98. The second-order valence-electron chi connectivity index (χ2n) is 3.62. The van der Waals surface area contributed by atoms with Crippen molar-refractivity contribution in [3.8, 4) is 0 Å². The number of hydrogen-bond donors (Lipinski definition) is 2. The third-order valence-corrected chi connectivity index (χ3v) is 3.14. The standard InChI is InChI=1S/C10H13IN6O2/c1-2-19-10(18)13-3-4-17-9-6(7(11)16-17)8(12)14-5-15-9/h5H,2-4H2,1H3,(H,13,18)(H2,12,14,15). The Bertz CT molecular complexity index is 599. The minimum Gasteiger partial charge on any atom is -0.450 e. The van der Waals surface area contributed by atoms with Gasteiger partial charge < -0.3 is 15.8 Å². The number of ether oxygens (including phenoxy) is 1. The number of hydrogen-bond acceptors (Lipinski definition) is 6. The van der Waals surface area contributed by atoms with Crippen LogP contribution in [0.4, 0.5) is 10.6 Å². The Kier molecular flexibility index (Phi) is 4.35. The molecule has 2 heterocycles. The molecule has 19 heavy (non-hydrogen) atoms. The minimum atomic E-state index is -0.442. The summed E-state index contributed by atoms with van der Waals surface area (Å²) in [5.74, 6) is 0.402. The molecule has 2 aromatic rings. The van der Waals surface area contributed by atoms with Crippen molar-refractivity contribution >= 4 is 45.5 Å². The molecular weight excluding hydrogens is 363 g/mol. The Labute approximate surface area is 122 Å². The van der Waals surface area contributed by atoms with E-state index in [1.165, 1.54) is 6.33 Å². The number of aromatic nitrogens is 4. The summed E-state index contributed by atoms with van der Waals surface area (Å²) in [6, 6.07) is 0. The number of nitrogens with one attached hydrogen (secondary N) is 1. The maximum atomic E-state index is 11.1. The highest BCUT2D eigenvalue weighted by Crippen LogP contribution is 2.21. The van der Waals surface area contributed by atoms with Crippen LogP contribution in [0.5, 0.6) is 0 Å². The number of amides is 1. The lowest BCUT2D eigenvalue weighted by Crippen LogP contribution is -2.28. The molecule has 0 aliphatic rings. The number of carbonyl (C=O) groups excluding carboxylic acids is 1. The summed E-state index contributed by atoms with van der Waals surface area (Å²) in [6.07, 6.45) is 0.952. The Morgan fingerprint density at radius 1 is 1.58 bits per heavy atom. The molecule has 0 atom stereocenters. The van der Waals surface area contributed by atoms with Crippen LogP contribution in [0.25, 0.3) is 11.0 Å². The van der Waals surface area contributed by atoms with Crippen molar-refractivity contribution in [1.29, 1.82) is 0 Å². The first-order valence-corrected chi connectivity index (χ1v) is 6.74. The Balaban J connectivity index is 2.09. The highest BCUT2D eigenvalue weighted by Gasteiger charge is 2.13. The number of nitrogens with two attached hydrogens (primary N) is 1. The smallest absolute Gasteiger partial charge is 0.407 e. The topological polar surface area (TPSA) is 108 Å². The molecule has 0 spiro atoms. The molecule has 2 aromatic heterocycles. The molecule has 8 nitrogen and oxygen atoms in total. The number of fused-ring (bicyclic) bond motifs is 1. The first-order valence-electron chi connectivity index (χ1n) is 5.66. The largest absolute Gasteiger partial charge is 0.450 e. The number of nitrogens with zero attached hydrogens (tertiary/aromatic N) is 4. The van der Waals surface area contributed by atoms with Gasteiger partial charge in [-0.25, -0.2) is 19.4 Å². The van der Waals surface area contributed by atoms with Crippen LogP contribution in [-0.4, -0.2) is 39.0 Å². The maximum absolute atomic E-state index is 11.1. The molecule has 9 heteroatoms. The summed E-state index contributed by atoms with van der Waals surface area (Å²) in [4.78, 5) is 19.2. The molecule has 102 valence electrons. The SMILES string of the molecule is CCOC(=O)NCCn1nc(I)c2c(N)ncnc21. The number of halogens is 1. The van der Waals surface area contributed by atoms with Gasteiger partial charge in [-0.1, -0.05) is 0 Å². The highest BCUT2D eigenvalue weighted by atomic mass is 127. The lowest BCUT2D eigenvalue weighted by molar-refractivity contribution is 0.152. The van der Waals surface area contributed by atoms with E-state index in [2.05, 4.69) is 43.0 Å². The van der Waals surface area contributed by atoms with Crippen molar-refractivity contribution in [3.05, 3.63) is 10.0 Å². The van der Waals surface area contributed by atoms with E-state index >= 15 is 0 Å². The number of rotatable bonds is 4. The molecule has 0 saturated heterocycles. The summed E-state index contributed by atoms with van der Waals surface area (Å²) >= 11 is 2.08. The van der Waals surface area contributed by atoms with Crippen LogP contribution in [0.1, 0.15) is 6.92 Å². The normalized spacial score (nSPS) is 10.6. The second-order valence-corrected chi connectivity index (χ2v) is 4.64. The molecule has 2 rings (SSSR count). The zero-order valence-electron chi connectivity index (χ0n) is 10.3. The fraction of sp³-hybridized carbons (Fsp3) is 0.400. The van der Waals surface area contributed by atoms with E-state index in [0.29, 0.717) is 31.2 Å². The maximum Gasteiger partial charge on any atom is 0.407 e. The van der Waals surface area contributed by atoms with E-state index in [9.17, 15) is 4.79 Å². The van der Waals surface area contributed by atoms with Gasteiger partial charge in [0.25, 0.3) is 0 Å². The number of alkyl carbamates (subject to hydrolysis) is 1. The molecule has 0 fully saturated rings. The minimum absolute atomic E-state index is 0.345. The average molecular weight is 376 g/mol. The lowest BCUT2D eigenvalue weighted by Gasteiger charge is -2.05. The zero-order valence-corrected chi connectivity index (χ0v) is 12.4. The number of carbonyl (C=O) groups is 1. The molecule has 0 aliphatic carbocycles. The van der Waals surface area contributed by atoms with E-state index in [1.807, 2.05) is 0 Å². The molecule has 3 N–H and O–H groups in total. The van der Waals surface area contributed by atoms with Crippen LogP contribution >= 0.6 is 22.6 Å². The Hall–Kier alpha value is -1.65. The van der Waals surface area contributed by atoms with Crippen LogP contribution in [0.15, 0.2) is 6.33 Å². The van der Waals surface area contributed by atoms with Crippen LogP contribution < -0.4 is 11.1 Å². The van der Waals surface area contributed by atoms with Crippen molar-refractivity contribution in [1.82, 2.24) is 25.1 Å². The first kappa shape index (κ1) is 13.8. The van der Waals surface area contributed by atoms with E-state index in [-0.39, 0.29) is 0 Å². The van der Waals surface area contributed by atoms with Crippen LogP contribution in [0.2, 0.25) is 0 Å². The van der Waals surface area contributed by atoms with Crippen molar-refractivity contribution in [2.75, 3.05) is 18.9 Å². The number of anilines is 1. The third kappa shape index (κ3) is 3.03. The van der Waals surface area contributed by atoms with Crippen LogP contribution in [-0.2, 0) is 11.3 Å². The van der Waals surface area contributed by atoms with Gasteiger partial charge in [0, 0.05) is 6.54 Å². The van der Waals surface area contributed by atoms with E-state index in [4.69, 9.17) is 10.5 Å². The Morgan fingerprint density at radius 3 is 3.11 bits per heavy atom. The van der Waals surface area contributed by atoms with Gasteiger partial charge in [0.15, 0.2) is 5.65 Å². The van der Waals surface area contributed by atoms with E-state index in [0.717, 1.165) is 9.09 Å². The third-order valence-electron chi connectivity index (χ3n) is 2.38. The summed E-state index contributed by atoms with van der Waals surface area (Å²) < 4.78 is 7.18. The molecule has 1 amide bonds. The monoisotopic (exact) mass is 376 g/mol. The average Bonchev–Trinajstić information content (AvgIpc) is 2.68. The summed E-state index contributed by atoms with van der Waals surface area (Å²) in [7, 11) is 0. The van der Waals surface area contributed by atoms with Gasteiger partial charge in [-0.15, -0.1) is 0 Å². The molecule has 0 aliphatic heterocycles. The number of nitrogen functional groups attached to an aromatic ring is 1. The van der Waals surface area contributed by atoms with Crippen molar-refractivity contribution in [2.24, 2.45) is 0 Å². The van der Waals surface area contributed by atoms with E-state index in [1.54, 1.807) is 11.6 Å². The molecule has 0 bridgehead atoms. The predicted octanol–water partition coefficient (Wildman–Crippen LogP) is 0.759. The zero-order chi connectivity index (χ0) is 13.8. The second kappa shape index (κ2) is 5.99. The molecule has 0 saturated carbocycles. The van der Waals surface area contributed by atoms with Crippen molar-refractivity contribution in [2.45, 2.75) is 13.5 Å². The molecule has 0 aromatic carbocycles. The van der Waals surface area contributed by atoms with Gasteiger partial charge in [-0.2, -0.15) is 5.10 Å². The fourth-order valence-corrected chi connectivity index (χ4v) is 2.37. The van der Waals surface area contributed by atoms with E-state index < -0.39 is 6.09 Å². The van der Waals surface area contributed by atoms with Crippen LogP contribution in [0.3, 0.4) is 0 Å². The van der Waals surface area contributed by atoms with Crippen molar-refractivity contribution in [3.63, 3.8) is 0 Å².